The lowest BCUT2D eigenvalue weighted by atomic mass is 10.0. The van der Waals surface area contributed by atoms with E-state index in [0.29, 0.717) is 16.4 Å². The van der Waals surface area contributed by atoms with Gasteiger partial charge in [-0.15, -0.1) is 0 Å². The first-order valence-electron chi connectivity index (χ1n) is 5.98. The minimum atomic E-state index is -0.867. The zero-order valence-corrected chi connectivity index (χ0v) is 12.1. The quantitative estimate of drug-likeness (QED) is 0.814. The Labute approximate surface area is 120 Å². The highest BCUT2D eigenvalue weighted by molar-refractivity contribution is 6.32. The molecule has 0 saturated carbocycles. The van der Waals surface area contributed by atoms with Gasteiger partial charge in [-0.2, -0.15) is 5.10 Å². The number of carbonyl (C=O) groups excluding carboxylic acids is 1. The molecule has 0 unspecified atom stereocenters. The van der Waals surface area contributed by atoms with Crippen molar-refractivity contribution in [3.8, 4) is 0 Å². The molecule has 0 bridgehead atoms. The Kier molecular flexibility index (Phi) is 3.90. The molecule has 1 heterocycles. The number of nitrogens with zero attached hydrogens (tertiary/aromatic N) is 2. The third kappa shape index (κ3) is 2.45. The minimum absolute atomic E-state index is 0.201. The second-order valence-corrected chi connectivity index (χ2v) is 5.00. The van der Waals surface area contributed by atoms with E-state index in [1.165, 1.54) is 17.7 Å². The predicted molar refractivity (Wildman–Crippen MR) is 72.1 cm³/mol. The molecule has 6 heteroatoms. The number of hydrogen-bond donors (Lipinski definition) is 0. The zero-order chi connectivity index (χ0) is 15.0. The average Bonchev–Trinajstić information content (AvgIpc) is 2.61. The van der Waals surface area contributed by atoms with Crippen molar-refractivity contribution in [1.29, 1.82) is 0 Å². The Bertz CT molecular complexity index is 695. The molecule has 1 aromatic carbocycles. The Balaban J connectivity index is 2.41. The first kappa shape index (κ1) is 14.7. The van der Waals surface area contributed by atoms with E-state index in [0.717, 1.165) is 6.07 Å². The van der Waals surface area contributed by atoms with Crippen LogP contribution in [-0.4, -0.2) is 15.6 Å². The van der Waals surface area contributed by atoms with E-state index in [-0.39, 0.29) is 12.0 Å². The van der Waals surface area contributed by atoms with Crippen LogP contribution in [0, 0.1) is 25.5 Å². The largest absolute Gasteiger partial charge is 0.294 e. The number of hydrogen-bond acceptors (Lipinski definition) is 2. The summed E-state index contributed by atoms with van der Waals surface area (Å²) in [7, 11) is 1.63. The molecule has 0 spiro atoms. The lowest BCUT2D eigenvalue weighted by Gasteiger charge is -2.07. The molecule has 0 saturated heterocycles. The summed E-state index contributed by atoms with van der Waals surface area (Å²) < 4.78 is 29.0. The maximum Gasteiger partial charge on any atom is 0.174 e. The van der Waals surface area contributed by atoms with Gasteiger partial charge in [0.1, 0.15) is 11.6 Å². The molecule has 106 valence electrons. The predicted octanol–water partition coefficient (Wildman–Crippen LogP) is 3.39. The first-order chi connectivity index (χ1) is 9.32. The fraction of sp³-hybridized carbons (Fsp3) is 0.286. The highest BCUT2D eigenvalue weighted by Crippen LogP contribution is 2.23. The van der Waals surface area contributed by atoms with Crippen LogP contribution in [0.15, 0.2) is 12.1 Å². The van der Waals surface area contributed by atoms with Crippen LogP contribution in [0.2, 0.25) is 5.02 Å². The molecule has 1 aromatic heterocycles. The van der Waals surface area contributed by atoms with E-state index in [1.807, 2.05) is 0 Å². The van der Waals surface area contributed by atoms with E-state index in [1.54, 1.807) is 14.0 Å². The van der Waals surface area contributed by atoms with Crippen LogP contribution in [0.25, 0.3) is 0 Å². The van der Waals surface area contributed by atoms with Crippen molar-refractivity contribution < 1.29 is 13.6 Å². The van der Waals surface area contributed by atoms with Crippen molar-refractivity contribution >= 4 is 17.4 Å². The van der Waals surface area contributed by atoms with E-state index in [9.17, 15) is 13.6 Å². The second-order valence-electron chi connectivity index (χ2n) is 4.62. The number of rotatable bonds is 3. The fourth-order valence-electron chi connectivity index (χ4n) is 2.02. The summed E-state index contributed by atoms with van der Waals surface area (Å²) in [6, 6.07) is 2.38. The van der Waals surface area contributed by atoms with Crippen LogP contribution in [-0.2, 0) is 13.5 Å². The van der Waals surface area contributed by atoms with Gasteiger partial charge in [0.15, 0.2) is 5.78 Å². The smallest absolute Gasteiger partial charge is 0.174 e. The van der Waals surface area contributed by atoms with E-state index in [4.69, 9.17) is 11.6 Å². The van der Waals surface area contributed by atoms with Gasteiger partial charge >= 0.3 is 0 Å². The summed E-state index contributed by atoms with van der Waals surface area (Å²) in [5.74, 6) is -2.35. The molecule has 0 radical (unpaired) electrons. The molecule has 0 aliphatic carbocycles. The van der Waals surface area contributed by atoms with Gasteiger partial charge in [0.2, 0.25) is 0 Å². The lowest BCUT2D eigenvalue weighted by Crippen LogP contribution is -2.13. The van der Waals surface area contributed by atoms with Crippen LogP contribution >= 0.6 is 11.6 Å². The average molecular weight is 299 g/mol. The molecule has 2 aromatic rings. The molecule has 0 atom stereocenters. The Hall–Kier alpha value is -1.75. The normalized spacial score (nSPS) is 10.9. The third-order valence-electron chi connectivity index (χ3n) is 3.15. The summed E-state index contributed by atoms with van der Waals surface area (Å²) in [4.78, 5) is 12.1. The number of aromatic nitrogens is 2. The highest BCUT2D eigenvalue weighted by atomic mass is 35.5. The summed E-state index contributed by atoms with van der Waals surface area (Å²) in [6.45, 7) is 3.18. The molecule has 20 heavy (non-hydrogen) atoms. The maximum absolute atomic E-state index is 13.9. The number of halogens is 3. The molecule has 0 fully saturated rings. The standard InChI is InChI=1S/C14H13ClF2N2O/c1-7-4-5-9(16)12(14(7)17)11(20)6-10-13(15)8(2)18-19(10)3/h4-5H,6H2,1-3H3. The SMILES string of the molecule is Cc1ccc(F)c(C(=O)Cc2c(Cl)c(C)nn2C)c1F. The van der Waals surface area contributed by atoms with Gasteiger partial charge in [0, 0.05) is 7.05 Å². The number of Topliss-reactive ketones (excluding diaryl/α,β-unsaturated/α-hetero) is 1. The molecule has 2 rings (SSSR count). The summed E-state index contributed by atoms with van der Waals surface area (Å²) in [5.41, 5.74) is 0.707. The van der Waals surface area contributed by atoms with Gasteiger partial charge in [-0.05, 0) is 25.5 Å². The Morgan fingerprint density at radius 1 is 1.35 bits per heavy atom. The van der Waals surface area contributed by atoms with Crippen molar-refractivity contribution in [1.82, 2.24) is 9.78 Å². The monoisotopic (exact) mass is 298 g/mol. The zero-order valence-electron chi connectivity index (χ0n) is 11.3. The first-order valence-corrected chi connectivity index (χ1v) is 6.36. The number of carbonyl (C=O) groups is 1. The highest BCUT2D eigenvalue weighted by Gasteiger charge is 2.22. The lowest BCUT2D eigenvalue weighted by molar-refractivity contribution is 0.0982. The van der Waals surface area contributed by atoms with Crippen LogP contribution < -0.4 is 0 Å². The van der Waals surface area contributed by atoms with Crippen LogP contribution in [0.4, 0.5) is 8.78 Å². The van der Waals surface area contributed by atoms with E-state index in [2.05, 4.69) is 5.10 Å². The number of benzene rings is 1. The molecule has 0 N–H and O–H groups in total. The minimum Gasteiger partial charge on any atom is -0.294 e. The molecule has 0 aliphatic rings. The van der Waals surface area contributed by atoms with Crippen LogP contribution in [0.1, 0.15) is 27.3 Å². The number of aryl methyl sites for hydroxylation is 3. The Morgan fingerprint density at radius 3 is 2.55 bits per heavy atom. The van der Waals surface area contributed by atoms with Crippen molar-refractivity contribution in [3.63, 3.8) is 0 Å². The number of ketones is 1. The van der Waals surface area contributed by atoms with E-state index >= 15 is 0 Å². The van der Waals surface area contributed by atoms with Crippen molar-refractivity contribution in [3.05, 3.63) is 51.3 Å². The summed E-state index contributed by atoms with van der Waals surface area (Å²) in [6.07, 6.45) is -0.201. The van der Waals surface area contributed by atoms with Crippen LogP contribution in [0.5, 0.6) is 0 Å². The molecule has 0 amide bonds. The molecule has 3 nitrogen and oxygen atoms in total. The molecular weight excluding hydrogens is 286 g/mol. The maximum atomic E-state index is 13.9. The Morgan fingerprint density at radius 2 is 2.00 bits per heavy atom. The fourth-order valence-corrected chi connectivity index (χ4v) is 2.25. The second kappa shape index (κ2) is 5.32. The summed E-state index contributed by atoms with van der Waals surface area (Å²) in [5, 5.41) is 4.41. The molecule has 0 aliphatic heterocycles. The van der Waals surface area contributed by atoms with Crippen molar-refractivity contribution in [2.45, 2.75) is 20.3 Å². The van der Waals surface area contributed by atoms with Gasteiger partial charge in [-0.3, -0.25) is 9.48 Å². The van der Waals surface area contributed by atoms with Gasteiger partial charge in [0.05, 0.1) is 28.4 Å². The summed E-state index contributed by atoms with van der Waals surface area (Å²) >= 11 is 6.03. The van der Waals surface area contributed by atoms with Gasteiger partial charge in [-0.1, -0.05) is 17.7 Å². The van der Waals surface area contributed by atoms with Crippen molar-refractivity contribution in [2.24, 2.45) is 7.05 Å². The van der Waals surface area contributed by atoms with Gasteiger partial charge < -0.3 is 0 Å². The van der Waals surface area contributed by atoms with E-state index < -0.39 is 23.0 Å². The topological polar surface area (TPSA) is 34.9 Å². The van der Waals surface area contributed by atoms with Crippen molar-refractivity contribution in [2.75, 3.05) is 0 Å². The molecular formula is C14H13ClF2N2O. The van der Waals surface area contributed by atoms with Crippen LogP contribution in [0.3, 0.4) is 0 Å². The third-order valence-corrected chi connectivity index (χ3v) is 3.64. The van der Waals surface area contributed by atoms with Gasteiger partial charge in [-0.25, -0.2) is 8.78 Å². The van der Waals surface area contributed by atoms with Gasteiger partial charge in [0.25, 0.3) is 0 Å².